The molecule has 0 bridgehead atoms. The maximum absolute atomic E-state index is 11.5. The first-order chi connectivity index (χ1) is 8.39. The monoisotopic (exact) mass is 268 g/mol. The topological polar surface area (TPSA) is 100 Å². The van der Waals surface area contributed by atoms with Crippen LogP contribution in [0.1, 0.15) is 12.6 Å². The van der Waals surface area contributed by atoms with Gasteiger partial charge in [-0.1, -0.05) is 0 Å². The second-order valence-corrected chi connectivity index (χ2v) is 6.70. The molecule has 18 heavy (non-hydrogen) atoms. The summed E-state index contributed by atoms with van der Waals surface area (Å²) in [6, 6.07) is 3.43. The molecule has 1 aliphatic rings. The third-order valence-corrected chi connectivity index (χ3v) is 4.82. The van der Waals surface area contributed by atoms with Gasteiger partial charge in [0.25, 0.3) is 0 Å². The van der Waals surface area contributed by atoms with Crippen LogP contribution >= 0.6 is 0 Å². The van der Waals surface area contributed by atoms with Crippen molar-refractivity contribution in [3.8, 4) is 0 Å². The summed E-state index contributed by atoms with van der Waals surface area (Å²) in [5.41, 5.74) is 6.62. The van der Waals surface area contributed by atoms with Gasteiger partial charge in [-0.3, -0.25) is 10.4 Å². The summed E-state index contributed by atoms with van der Waals surface area (Å²) in [6.45, 7) is 2.36. The number of nitrogens with one attached hydrogen (secondary N) is 1. The summed E-state index contributed by atoms with van der Waals surface area (Å²) in [7, 11) is -2.91. The zero-order chi connectivity index (χ0) is 13.3. The van der Waals surface area contributed by atoms with Gasteiger partial charge in [0.2, 0.25) is 0 Å². The smallest absolute Gasteiger partial charge is 0.154 e. The molecule has 2 rings (SSSR count). The van der Waals surface area contributed by atoms with Crippen molar-refractivity contribution in [2.75, 3.05) is 23.0 Å². The van der Waals surface area contributed by atoms with E-state index < -0.39 is 9.84 Å². The molecule has 1 saturated heterocycles. The minimum absolute atomic E-state index is 0.0614. The van der Waals surface area contributed by atoms with E-state index in [0.29, 0.717) is 12.2 Å². The number of nitrogens with zero attached hydrogens (tertiary/aromatic N) is 2. The number of hydrogen-bond acceptors (Lipinski definition) is 5. The third-order valence-electron chi connectivity index (χ3n) is 3.03. The van der Waals surface area contributed by atoms with Gasteiger partial charge in [-0.15, -0.1) is 0 Å². The van der Waals surface area contributed by atoms with Crippen LogP contribution in [0.15, 0.2) is 18.3 Å². The Morgan fingerprint density at radius 3 is 2.78 bits per heavy atom. The Balaban J connectivity index is 2.20. The normalized spacial score (nSPS) is 22.7. The molecular weight excluding hydrogens is 252 g/mol. The van der Waals surface area contributed by atoms with Crippen molar-refractivity contribution in [1.29, 1.82) is 5.41 Å². The quantitative estimate of drug-likeness (QED) is 0.580. The summed E-state index contributed by atoms with van der Waals surface area (Å²) in [5, 5.41) is 7.26. The van der Waals surface area contributed by atoms with Crippen LogP contribution in [0.2, 0.25) is 0 Å². The van der Waals surface area contributed by atoms with E-state index in [9.17, 15) is 8.42 Å². The van der Waals surface area contributed by atoms with Crippen molar-refractivity contribution in [3.05, 3.63) is 24.0 Å². The maximum atomic E-state index is 11.5. The number of aromatic nitrogens is 1. The van der Waals surface area contributed by atoms with Gasteiger partial charge >= 0.3 is 0 Å². The summed E-state index contributed by atoms with van der Waals surface area (Å²) in [6.07, 6.45) is 1.63. The highest BCUT2D eigenvalue weighted by Gasteiger charge is 2.28. The van der Waals surface area contributed by atoms with E-state index in [2.05, 4.69) is 4.98 Å². The molecule has 1 atom stereocenters. The lowest BCUT2D eigenvalue weighted by Crippen LogP contribution is -2.47. The number of sulfone groups is 1. The highest BCUT2D eigenvalue weighted by atomic mass is 32.2. The van der Waals surface area contributed by atoms with Crippen molar-refractivity contribution in [3.63, 3.8) is 0 Å². The fourth-order valence-electron chi connectivity index (χ4n) is 2.10. The first-order valence-electron chi connectivity index (χ1n) is 5.66. The molecule has 1 aromatic rings. The minimum Gasteiger partial charge on any atom is -0.382 e. The standard InChI is InChI=1S/C11H16N4O2S/c1-8-7-18(16,17)5-4-15(8)9-2-3-10(11(12)13)14-6-9/h2-3,6,8H,4-5,7H2,1H3,(H3,12,13). The number of hydrogen-bond donors (Lipinski definition) is 2. The highest BCUT2D eigenvalue weighted by Crippen LogP contribution is 2.20. The second kappa shape index (κ2) is 4.56. The molecule has 6 nitrogen and oxygen atoms in total. The molecule has 1 aliphatic heterocycles. The molecule has 0 spiro atoms. The molecule has 1 aromatic heterocycles. The molecule has 0 aliphatic carbocycles. The van der Waals surface area contributed by atoms with Crippen LogP contribution < -0.4 is 10.6 Å². The maximum Gasteiger partial charge on any atom is 0.154 e. The van der Waals surface area contributed by atoms with Crippen LogP contribution in [0.3, 0.4) is 0 Å². The molecule has 2 heterocycles. The summed E-state index contributed by atoms with van der Waals surface area (Å²) in [4.78, 5) is 6.10. The molecule has 1 fully saturated rings. The Hall–Kier alpha value is -1.63. The average molecular weight is 268 g/mol. The summed E-state index contributed by atoms with van der Waals surface area (Å²) < 4.78 is 23.0. The number of nitrogens with two attached hydrogens (primary N) is 1. The lowest BCUT2D eigenvalue weighted by Gasteiger charge is -2.34. The van der Waals surface area contributed by atoms with E-state index >= 15 is 0 Å². The molecule has 0 saturated carbocycles. The van der Waals surface area contributed by atoms with Gasteiger partial charge in [-0.2, -0.15) is 0 Å². The van der Waals surface area contributed by atoms with Crippen LogP contribution in [0.25, 0.3) is 0 Å². The zero-order valence-electron chi connectivity index (χ0n) is 10.1. The first-order valence-corrected chi connectivity index (χ1v) is 7.49. The third kappa shape index (κ3) is 2.61. The predicted octanol–water partition coefficient (Wildman–Crippen LogP) is -0.0110. The Kier molecular flexibility index (Phi) is 3.25. The van der Waals surface area contributed by atoms with E-state index in [0.717, 1.165) is 5.69 Å². The number of amidine groups is 1. The van der Waals surface area contributed by atoms with Crippen LogP contribution in [-0.2, 0) is 9.84 Å². The molecule has 0 radical (unpaired) electrons. The fraction of sp³-hybridized carbons (Fsp3) is 0.455. The minimum atomic E-state index is -2.91. The summed E-state index contributed by atoms with van der Waals surface area (Å²) in [5.74, 6) is 0.267. The molecule has 1 unspecified atom stereocenters. The van der Waals surface area contributed by atoms with Crippen LogP contribution in [0.5, 0.6) is 0 Å². The van der Waals surface area contributed by atoms with E-state index in [1.165, 1.54) is 0 Å². The summed E-state index contributed by atoms with van der Waals surface area (Å²) >= 11 is 0. The fourth-order valence-corrected chi connectivity index (χ4v) is 3.65. The molecule has 0 amide bonds. The Morgan fingerprint density at radius 1 is 1.56 bits per heavy atom. The van der Waals surface area contributed by atoms with Crippen molar-refractivity contribution < 1.29 is 8.42 Å². The van der Waals surface area contributed by atoms with Crippen molar-refractivity contribution in [2.45, 2.75) is 13.0 Å². The van der Waals surface area contributed by atoms with Crippen molar-refractivity contribution in [1.82, 2.24) is 4.98 Å². The van der Waals surface area contributed by atoms with Crippen molar-refractivity contribution in [2.24, 2.45) is 5.73 Å². The van der Waals surface area contributed by atoms with Gasteiger partial charge in [0.15, 0.2) is 9.84 Å². The Bertz CT molecular complexity index is 553. The lowest BCUT2D eigenvalue weighted by molar-refractivity contribution is 0.568. The number of nitrogen functional groups attached to an aromatic ring is 1. The van der Waals surface area contributed by atoms with E-state index in [1.807, 2.05) is 17.9 Å². The largest absolute Gasteiger partial charge is 0.382 e. The van der Waals surface area contributed by atoms with Gasteiger partial charge < -0.3 is 10.6 Å². The molecule has 0 aromatic carbocycles. The molecule has 7 heteroatoms. The highest BCUT2D eigenvalue weighted by molar-refractivity contribution is 7.91. The molecule has 3 N–H and O–H groups in total. The van der Waals surface area contributed by atoms with Gasteiger partial charge in [-0.05, 0) is 19.1 Å². The molecular formula is C11H16N4O2S. The Morgan fingerprint density at radius 2 is 2.28 bits per heavy atom. The number of anilines is 1. The van der Waals surface area contributed by atoms with Crippen LogP contribution in [0, 0.1) is 5.41 Å². The van der Waals surface area contributed by atoms with E-state index in [4.69, 9.17) is 11.1 Å². The van der Waals surface area contributed by atoms with Gasteiger partial charge in [0.05, 0.1) is 23.4 Å². The number of pyridine rings is 1. The molecule has 98 valence electrons. The average Bonchev–Trinajstić information content (AvgIpc) is 2.28. The van der Waals surface area contributed by atoms with Crippen LogP contribution in [-0.4, -0.2) is 43.3 Å². The van der Waals surface area contributed by atoms with E-state index in [-0.39, 0.29) is 23.4 Å². The van der Waals surface area contributed by atoms with Crippen molar-refractivity contribution >= 4 is 21.4 Å². The van der Waals surface area contributed by atoms with E-state index in [1.54, 1.807) is 12.3 Å². The SMILES string of the molecule is CC1CS(=O)(=O)CCN1c1ccc(C(=N)N)nc1. The van der Waals surface area contributed by atoms with Gasteiger partial charge in [-0.25, -0.2) is 8.42 Å². The lowest BCUT2D eigenvalue weighted by atomic mass is 10.2. The van der Waals surface area contributed by atoms with Gasteiger partial charge in [0, 0.05) is 12.6 Å². The van der Waals surface area contributed by atoms with Crippen LogP contribution in [0.4, 0.5) is 5.69 Å². The predicted molar refractivity (Wildman–Crippen MR) is 70.7 cm³/mol. The Labute approximate surface area is 106 Å². The zero-order valence-corrected chi connectivity index (χ0v) is 10.9. The first kappa shape index (κ1) is 12.8. The second-order valence-electron chi connectivity index (χ2n) is 4.47. The number of rotatable bonds is 2. The van der Waals surface area contributed by atoms with Gasteiger partial charge in [0.1, 0.15) is 11.5 Å².